The van der Waals surface area contributed by atoms with Crippen molar-refractivity contribution in [2.24, 2.45) is 17.8 Å². The van der Waals surface area contributed by atoms with E-state index in [2.05, 4.69) is 0 Å². The zero-order valence-corrected chi connectivity index (χ0v) is 20.5. The normalized spacial score (nSPS) is 38.4. The minimum atomic E-state index is -1.74. The Bertz CT molecular complexity index is 1060. The first kappa shape index (κ1) is 28.0. The standard InChI is InChI=1S/C25H30O13/c1-10-15-16(21(20(10)35-11(2)27)37-23(33)12-6-4-3-5-7-12)13(22(31)32)9-34-24(15)38-25-19(30)18(29)17(28)14(8-26)36-25/h3-7,9-10,14-21,24-26,28-30H,8H2,1-2H3,(H,31,32)/t10-,14-,15-,16-,17+,18+,19+,20+,21-,24+,25-/m0/s1. The van der Waals surface area contributed by atoms with E-state index in [1.54, 1.807) is 25.1 Å². The maximum absolute atomic E-state index is 12.9. The number of esters is 2. The van der Waals surface area contributed by atoms with Gasteiger partial charge in [-0.3, -0.25) is 4.79 Å². The lowest BCUT2D eigenvalue weighted by molar-refractivity contribution is -0.343. The van der Waals surface area contributed by atoms with Gasteiger partial charge in [-0.1, -0.05) is 25.1 Å². The Hall–Kier alpha value is -3.07. The van der Waals surface area contributed by atoms with Crippen LogP contribution in [0.15, 0.2) is 42.2 Å². The number of benzene rings is 1. The second-order valence-corrected chi connectivity index (χ2v) is 9.49. The molecule has 11 atom stereocenters. The van der Waals surface area contributed by atoms with Gasteiger partial charge < -0.3 is 49.2 Å². The average molecular weight is 539 g/mol. The van der Waals surface area contributed by atoms with Crippen molar-refractivity contribution in [2.75, 3.05) is 6.61 Å². The summed E-state index contributed by atoms with van der Waals surface area (Å²) in [5.74, 6) is -5.45. The van der Waals surface area contributed by atoms with E-state index < -0.39 is 91.5 Å². The molecule has 1 aliphatic carbocycles. The van der Waals surface area contributed by atoms with Crippen molar-refractivity contribution in [3.05, 3.63) is 47.7 Å². The molecule has 2 aliphatic heterocycles. The SMILES string of the molecule is CC(=O)O[C@@H]1[C@@H](C)[C@@H]2[C@@H](O[C@@H]3O[C@@H](CO)[C@@H](O)[C@@H](O)[C@H]3O)OC=C(C(=O)O)[C@@H]2[C@@H]1OC(=O)c1ccccc1. The number of aliphatic hydroxyl groups is 4. The van der Waals surface area contributed by atoms with Crippen LogP contribution in [0.3, 0.4) is 0 Å². The fourth-order valence-electron chi connectivity index (χ4n) is 5.28. The molecule has 4 rings (SSSR count). The third-order valence-electron chi connectivity index (χ3n) is 7.14. The van der Waals surface area contributed by atoms with Gasteiger partial charge in [-0.25, -0.2) is 9.59 Å². The molecular weight excluding hydrogens is 508 g/mol. The quantitative estimate of drug-likeness (QED) is 0.270. The third kappa shape index (κ3) is 5.25. The molecule has 0 spiro atoms. The minimum Gasteiger partial charge on any atom is -0.478 e. The van der Waals surface area contributed by atoms with Crippen LogP contribution in [0.1, 0.15) is 24.2 Å². The van der Waals surface area contributed by atoms with E-state index >= 15 is 0 Å². The topological polar surface area (TPSA) is 199 Å². The highest BCUT2D eigenvalue weighted by atomic mass is 16.8. The van der Waals surface area contributed by atoms with Crippen molar-refractivity contribution >= 4 is 17.9 Å². The maximum Gasteiger partial charge on any atom is 0.338 e. The lowest BCUT2D eigenvalue weighted by Gasteiger charge is -2.43. The van der Waals surface area contributed by atoms with Gasteiger partial charge in [0.25, 0.3) is 0 Å². The third-order valence-corrected chi connectivity index (χ3v) is 7.14. The number of fused-ring (bicyclic) bond motifs is 1. The van der Waals surface area contributed by atoms with Crippen LogP contribution in [0, 0.1) is 17.8 Å². The van der Waals surface area contributed by atoms with Gasteiger partial charge in [0.1, 0.15) is 36.6 Å². The van der Waals surface area contributed by atoms with Crippen molar-refractivity contribution < 1.29 is 63.6 Å². The van der Waals surface area contributed by atoms with E-state index in [1.165, 1.54) is 12.1 Å². The molecule has 0 amide bonds. The Morgan fingerprint density at radius 1 is 0.947 bits per heavy atom. The smallest absolute Gasteiger partial charge is 0.338 e. The molecule has 3 aliphatic rings. The van der Waals surface area contributed by atoms with Crippen LogP contribution in [0.25, 0.3) is 0 Å². The van der Waals surface area contributed by atoms with Gasteiger partial charge in [0.05, 0.1) is 24.0 Å². The second kappa shape index (κ2) is 11.4. The van der Waals surface area contributed by atoms with E-state index in [4.69, 9.17) is 23.7 Å². The summed E-state index contributed by atoms with van der Waals surface area (Å²) in [6.07, 6.45) is -10.6. The Balaban J connectivity index is 1.67. The number of carboxylic acid groups (broad SMARTS) is 1. The first-order valence-electron chi connectivity index (χ1n) is 12.0. The molecule has 1 aromatic carbocycles. The minimum absolute atomic E-state index is 0.201. The largest absolute Gasteiger partial charge is 0.478 e. The summed E-state index contributed by atoms with van der Waals surface area (Å²) in [6, 6.07) is 7.99. The van der Waals surface area contributed by atoms with Gasteiger partial charge in [0, 0.05) is 24.7 Å². The Morgan fingerprint density at radius 2 is 1.63 bits per heavy atom. The van der Waals surface area contributed by atoms with Crippen molar-refractivity contribution in [1.29, 1.82) is 0 Å². The molecule has 13 nitrogen and oxygen atoms in total. The number of carbonyl (C=O) groups excluding carboxylic acids is 2. The molecule has 0 aromatic heterocycles. The Labute approximate surface area is 217 Å². The van der Waals surface area contributed by atoms with Crippen molar-refractivity contribution in [2.45, 2.75) is 63.1 Å². The average Bonchev–Trinajstić information content (AvgIpc) is 3.15. The van der Waals surface area contributed by atoms with Crippen LogP contribution in [0.5, 0.6) is 0 Å². The van der Waals surface area contributed by atoms with E-state index in [0.717, 1.165) is 13.2 Å². The first-order valence-corrected chi connectivity index (χ1v) is 12.0. The molecular formula is C25H30O13. The van der Waals surface area contributed by atoms with Crippen LogP contribution < -0.4 is 0 Å². The number of carboxylic acids is 1. The molecule has 38 heavy (non-hydrogen) atoms. The van der Waals surface area contributed by atoms with Gasteiger partial charge in [-0.2, -0.15) is 0 Å². The summed E-state index contributed by atoms with van der Waals surface area (Å²) < 4.78 is 28.0. The van der Waals surface area contributed by atoms with Gasteiger partial charge in [0.2, 0.25) is 6.29 Å². The molecule has 13 heteroatoms. The van der Waals surface area contributed by atoms with E-state index in [1.807, 2.05) is 0 Å². The highest BCUT2D eigenvalue weighted by Gasteiger charge is 2.61. The summed E-state index contributed by atoms with van der Waals surface area (Å²) in [5, 5.41) is 50.0. The van der Waals surface area contributed by atoms with Crippen LogP contribution in [0.2, 0.25) is 0 Å². The fraction of sp³-hybridized carbons (Fsp3) is 0.560. The predicted molar refractivity (Wildman–Crippen MR) is 123 cm³/mol. The highest BCUT2D eigenvalue weighted by Crippen LogP contribution is 2.50. The molecule has 1 aromatic rings. The summed E-state index contributed by atoms with van der Waals surface area (Å²) >= 11 is 0. The Kier molecular flexibility index (Phi) is 8.35. The molecule has 5 N–H and O–H groups in total. The molecule has 0 radical (unpaired) electrons. The molecule has 1 saturated carbocycles. The van der Waals surface area contributed by atoms with Gasteiger partial charge in [-0.05, 0) is 12.1 Å². The molecule has 0 bridgehead atoms. The van der Waals surface area contributed by atoms with Crippen molar-refractivity contribution in [3.63, 3.8) is 0 Å². The molecule has 2 fully saturated rings. The van der Waals surface area contributed by atoms with E-state index in [9.17, 15) is 39.9 Å². The van der Waals surface area contributed by atoms with Crippen molar-refractivity contribution in [3.8, 4) is 0 Å². The number of rotatable bonds is 7. The zero-order chi connectivity index (χ0) is 27.7. The van der Waals surface area contributed by atoms with Crippen LogP contribution in [-0.4, -0.2) is 99.3 Å². The lowest BCUT2D eigenvalue weighted by atomic mass is 9.82. The monoisotopic (exact) mass is 538 g/mol. The molecule has 208 valence electrons. The maximum atomic E-state index is 12.9. The van der Waals surface area contributed by atoms with Gasteiger partial charge in [-0.15, -0.1) is 0 Å². The molecule has 1 saturated heterocycles. The van der Waals surface area contributed by atoms with Crippen molar-refractivity contribution in [1.82, 2.24) is 0 Å². The number of aliphatic hydroxyl groups excluding tert-OH is 4. The fourth-order valence-corrected chi connectivity index (χ4v) is 5.28. The first-order chi connectivity index (χ1) is 18.0. The number of hydrogen-bond donors (Lipinski definition) is 5. The lowest BCUT2D eigenvalue weighted by Crippen LogP contribution is -2.60. The van der Waals surface area contributed by atoms with Crippen LogP contribution >= 0.6 is 0 Å². The van der Waals surface area contributed by atoms with E-state index in [-0.39, 0.29) is 11.1 Å². The highest BCUT2D eigenvalue weighted by molar-refractivity contribution is 5.90. The summed E-state index contributed by atoms with van der Waals surface area (Å²) in [6.45, 7) is 2.12. The summed E-state index contributed by atoms with van der Waals surface area (Å²) in [4.78, 5) is 37.1. The zero-order valence-electron chi connectivity index (χ0n) is 20.5. The number of hydrogen-bond acceptors (Lipinski definition) is 12. The number of ether oxygens (including phenoxy) is 5. The second-order valence-electron chi connectivity index (χ2n) is 9.49. The molecule has 2 heterocycles. The predicted octanol–water partition coefficient (Wildman–Crippen LogP) is -0.833. The van der Waals surface area contributed by atoms with Crippen LogP contribution in [-0.2, 0) is 33.3 Å². The van der Waals surface area contributed by atoms with Gasteiger partial charge in [0.15, 0.2) is 6.29 Å². The number of aliphatic carboxylic acids is 1. The van der Waals surface area contributed by atoms with E-state index in [0.29, 0.717) is 0 Å². The van der Waals surface area contributed by atoms with Gasteiger partial charge >= 0.3 is 17.9 Å². The summed E-state index contributed by atoms with van der Waals surface area (Å²) in [5.41, 5.74) is -0.0526. The number of carbonyl (C=O) groups is 3. The van der Waals surface area contributed by atoms with Crippen LogP contribution in [0.4, 0.5) is 0 Å². The molecule has 0 unspecified atom stereocenters. The summed E-state index contributed by atoms with van der Waals surface area (Å²) in [7, 11) is 0. The Morgan fingerprint density at radius 3 is 2.24 bits per heavy atom.